The summed E-state index contributed by atoms with van der Waals surface area (Å²) in [6.07, 6.45) is 0.703. The summed E-state index contributed by atoms with van der Waals surface area (Å²) in [4.78, 5) is 24.6. The van der Waals surface area contributed by atoms with E-state index in [1.54, 1.807) is 48.5 Å². The standard InChI is InChI=1S/C20H17ClO5/c1-2-11-24-17(22)12-25-20-18(23)14-8-4-6-10-16(14)26-19(20)13-7-3-5-9-15(13)21/h3-10H,2,11-12H2,1H3. The second-order valence-corrected chi connectivity index (χ2v) is 5.98. The van der Waals surface area contributed by atoms with Crippen molar-refractivity contribution in [1.82, 2.24) is 0 Å². The fourth-order valence-corrected chi connectivity index (χ4v) is 2.69. The van der Waals surface area contributed by atoms with Crippen molar-refractivity contribution in [2.24, 2.45) is 0 Å². The maximum atomic E-state index is 12.9. The van der Waals surface area contributed by atoms with E-state index in [0.29, 0.717) is 34.6 Å². The van der Waals surface area contributed by atoms with Gasteiger partial charge in [-0.05, 0) is 30.7 Å². The van der Waals surface area contributed by atoms with Crippen molar-refractivity contribution >= 4 is 28.5 Å². The van der Waals surface area contributed by atoms with Crippen molar-refractivity contribution in [2.75, 3.05) is 13.2 Å². The third-order valence-corrected chi connectivity index (χ3v) is 4.01. The lowest BCUT2D eigenvalue weighted by Gasteiger charge is -2.12. The molecule has 134 valence electrons. The predicted octanol–water partition coefficient (Wildman–Crippen LogP) is 4.45. The molecule has 6 heteroatoms. The maximum Gasteiger partial charge on any atom is 0.344 e. The Labute approximate surface area is 155 Å². The quantitative estimate of drug-likeness (QED) is 0.598. The number of hydrogen-bond acceptors (Lipinski definition) is 5. The summed E-state index contributed by atoms with van der Waals surface area (Å²) in [5, 5.41) is 0.768. The largest absolute Gasteiger partial charge is 0.474 e. The molecule has 0 atom stereocenters. The number of carbonyl (C=O) groups excluding carboxylic acids is 1. The second kappa shape index (κ2) is 8.06. The van der Waals surface area contributed by atoms with E-state index < -0.39 is 5.97 Å². The van der Waals surface area contributed by atoms with Crippen molar-refractivity contribution in [3.05, 3.63) is 63.8 Å². The molecule has 2 aromatic carbocycles. The van der Waals surface area contributed by atoms with Crippen molar-refractivity contribution in [2.45, 2.75) is 13.3 Å². The monoisotopic (exact) mass is 372 g/mol. The molecule has 3 rings (SSSR count). The van der Waals surface area contributed by atoms with Gasteiger partial charge in [0, 0.05) is 5.56 Å². The Balaban J connectivity index is 2.08. The molecule has 0 radical (unpaired) electrons. The van der Waals surface area contributed by atoms with E-state index in [-0.39, 0.29) is 23.5 Å². The van der Waals surface area contributed by atoms with Gasteiger partial charge in [-0.1, -0.05) is 42.8 Å². The van der Waals surface area contributed by atoms with Gasteiger partial charge in [-0.3, -0.25) is 4.79 Å². The number of carbonyl (C=O) groups is 1. The number of rotatable bonds is 6. The zero-order valence-corrected chi connectivity index (χ0v) is 14.9. The summed E-state index contributed by atoms with van der Waals surface area (Å²) in [6, 6.07) is 13.8. The number of ether oxygens (including phenoxy) is 2. The topological polar surface area (TPSA) is 65.7 Å². The van der Waals surface area contributed by atoms with Crippen LogP contribution in [0.3, 0.4) is 0 Å². The lowest BCUT2D eigenvalue weighted by Crippen LogP contribution is -2.19. The van der Waals surface area contributed by atoms with Crippen LogP contribution in [0.2, 0.25) is 5.02 Å². The molecule has 0 bridgehead atoms. The van der Waals surface area contributed by atoms with E-state index in [4.69, 9.17) is 25.5 Å². The first-order valence-corrected chi connectivity index (χ1v) is 8.58. The van der Waals surface area contributed by atoms with Gasteiger partial charge in [0.25, 0.3) is 0 Å². The van der Waals surface area contributed by atoms with Crippen molar-refractivity contribution in [3.63, 3.8) is 0 Å². The normalized spacial score (nSPS) is 10.7. The minimum Gasteiger partial charge on any atom is -0.474 e. The molecular weight excluding hydrogens is 356 g/mol. The lowest BCUT2D eigenvalue weighted by atomic mass is 10.1. The Hall–Kier alpha value is -2.79. The molecule has 0 saturated carbocycles. The van der Waals surface area contributed by atoms with Crippen molar-refractivity contribution < 1.29 is 18.7 Å². The van der Waals surface area contributed by atoms with E-state index in [0.717, 1.165) is 0 Å². The summed E-state index contributed by atoms with van der Waals surface area (Å²) in [7, 11) is 0. The van der Waals surface area contributed by atoms with Gasteiger partial charge in [-0.25, -0.2) is 4.79 Å². The van der Waals surface area contributed by atoms with Crippen LogP contribution in [0, 0.1) is 0 Å². The molecule has 0 aliphatic carbocycles. The summed E-state index contributed by atoms with van der Waals surface area (Å²) in [5.41, 5.74) is 0.548. The van der Waals surface area contributed by atoms with Gasteiger partial charge in [-0.15, -0.1) is 0 Å². The van der Waals surface area contributed by atoms with Crippen LogP contribution in [-0.4, -0.2) is 19.2 Å². The number of halogens is 1. The molecule has 5 nitrogen and oxygen atoms in total. The van der Waals surface area contributed by atoms with Gasteiger partial charge in [-0.2, -0.15) is 0 Å². The minimum absolute atomic E-state index is 0.0646. The molecular formula is C20H17ClO5. The fraction of sp³-hybridized carbons (Fsp3) is 0.200. The first-order chi connectivity index (χ1) is 12.6. The highest BCUT2D eigenvalue weighted by Crippen LogP contribution is 2.35. The van der Waals surface area contributed by atoms with Gasteiger partial charge in [0.05, 0.1) is 17.0 Å². The Morgan fingerprint density at radius 2 is 1.85 bits per heavy atom. The van der Waals surface area contributed by atoms with Gasteiger partial charge in [0.15, 0.2) is 12.4 Å². The molecule has 1 heterocycles. The lowest BCUT2D eigenvalue weighted by molar-refractivity contribution is -0.146. The zero-order chi connectivity index (χ0) is 18.5. The second-order valence-electron chi connectivity index (χ2n) is 5.57. The highest BCUT2D eigenvalue weighted by Gasteiger charge is 2.20. The van der Waals surface area contributed by atoms with E-state index >= 15 is 0 Å². The predicted molar refractivity (Wildman–Crippen MR) is 99.7 cm³/mol. The van der Waals surface area contributed by atoms with Crippen LogP contribution in [0.5, 0.6) is 5.75 Å². The van der Waals surface area contributed by atoms with E-state index in [2.05, 4.69) is 0 Å². The molecule has 0 aliphatic rings. The summed E-state index contributed by atoms with van der Waals surface area (Å²) in [5.74, 6) is -0.433. The number of para-hydroxylation sites is 1. The van der Waals surface area contributed by atoms with Crippen LogP contribution >= 0.6 is 11.6 Å². The summed E-state index contributed by atoms with van der Waals surface area (Å²) < 4.78 is 16.4. The molecule has 0 fully saturated rings. The van der Waals surface area contributed by atoms with Crippen molar-refractivity contribution in [3.8, 4) is 17.1 Å². The Kier molecular flexibility index (Phi) is 5.58. The zero-order valence-electron chi connectivity index (χ0n) is 14.2. The third-order valence-electron chi connectivity index (χ3n) is 3.68. The van der Waals surface area contributed by atoms with Crippen LogP contribution in [0.15, 0.2) is 57.7 Å². The fourth-order valence-electron chi connectivity index (χ4n) is 2.47. The molecule has 0 aliphatic heterocycles. The van der Waals surface area contributed by atoms with E-state index in [9.17, 15) is 9.59 Å². The van der Waals surface area contributed by atoms with Crippen LogP contribution < -0.4 is 10.2 Å². The molecule has 0 spiro atoms. The average molecular weight is 373 g/mol. The number of benzene rings is 2. The van der Waals surface area contributed by atoms with Crippen molar-refractivity contribution in [1.29, 1.82) is 0 Å². The smallest absolute Gasteiger partial charge is 0.344 e. The van der Waals surface area contributed by atoms with Crippen LogP contribution in [-0.2, 0) is 9.53 Å². The molecule has 3 aromatic rings. The van der Waals surface area contributed by atoms with E-state index in [1.165, 1.54) is 0 Å². The molecule has 0 unspecified atom stereocenters. The Morgan fingerprint density at radius 3 is 2.62 bits per heavy atom. The number of esters is 1. The first kappa shape index (κ1) is 18.0. The minimum atomic E-state index is -0.551. The number of hydrogen-bond donors (Lipinski definition) is 0. The highest BCUT2D eigenvalue weighted by atomic mass is 35.5. The van der Waals surface area contributed by atoms with Crippen LogP contribution in [0.25, 0.3) is 22.3 Å². The third kappa shape index (κ3) is 3.73. The Bertz CT molecular complexity index is 993. The highest BCUT2D eigenvalue weighted by molar-refractivity contribution is 6.33. The molecule has 0 saturated heterocycles. The Morgan fingerprint density at radius 1 is 1.12 bits per heavy atom. The molecule has 26 heavy (non-hydrogen) atoms. The van der Waals surface area contributed by atoms with Gasteiger partial charge in [0.2, 0.25) is 11.2 Å². The van der Waals surface area contributed by atoms with Crippen LogP contribution in [0.4, 0.5) is 0 Å². The number of fused-ring (bicyclic) bond motifs is 1. The van der Waals surface area contributed by atoms with Gasteiger partial charge >= 0.3 is 5.97 Å². The SMILES string of the molecule is CCCOC(=O)COc1c(-c2ccccc2Cl)oc2ccccc2c1=O. The average Bonchev–Trinajstić information content (AvgIpc) is 2.66. The van der Waals surface area contributed by atoms with Crippen LogP contribution in [0.1, 0.15) is 13.3 Å². The van der Waals surface area contributed by atoms with Gasteiger partial charge in [0.1, 0.15) is 5.58 Å². The molecule has 1 aromatic heterocycles. The summed E-state index contributed by atoms with van der Waals surface area (Å²) in [6.45, 7) is 1.80. The summed E-state index contributed by atoms with van der Waals surface area (Å²) >= 11 is 6.26. The van der Waals surface area contributed by atoms with E-state index in [1.807, 2.05) is 6.92 Å². The van der Waals surface area contributed by atoms with Gasteiger partial charge < -0.3 is 13.9 Å². The molecule has 0 N–H and O–H groups in total. The first-order valence-electron chi connectivity index (χ1n) is 8.21. The maximum absolute atomic E-state index is 12.9. The molecule has 0 amide bonds.